The number of nitrogens with zero attached hydrogens (tertiary/aromatic N) is 1. The average molecular weight is 276 g/mol. The van der Waals surface area contributed by atoms with Crippen molar-refractivity contribution in [1.82, 2.24) is 10.2 Å². The van der Waals surface area contributed by atoms with Crippen molar-refractivity contribution in [2.24, 2.45) is 0 Å². The van der Waals surface area contributed by atoms with Gasteiger partial charge in [0.05, 0.1) is 0 Å². The molecule has 4 nitrogen and oxygen atoms in total. The van der Waals surface area contributed by atoms with Gasteiger partial charge in [0.15, 0.2) is 11.5 Å². The van der Waals surface area contributed by atoms with Crippen LogP contribution in [-0.2, 0) is 0 Å². The van der Waals surface area contributed by atoms with Gasteiger partial charge in [0, 0.05) is 6.04 Å². The third-order valence-electron chi connectivity index (χ3n) is 4.28. The van der Waals surface area contributed by atoms with E-state index < -0.39 is 0 Å². The lowest BCUT2D eigenvalue weighted by molar-refractivity contribution is 0.155. The number of fused-ring (bicyclic) bond motifs is 1. The van der Waals surface area contributed by atoms with Crippen molar-refractivity contribution >= 4 is 0 Å². The van der Waals surface area contributed by atoms with Gasteiger partial charge in [-0.2, -0.15) is 0 Å². The van der Waals surface area contributed by atoms with E-state index in [2.05, 4.69) is 22.3 Å². The van der Waals surface area contributed by atoms with Gasteiger partial charge in [-0.05, 0) is 63.6 Å². The summed E-state index contributed by atoms with van der Waals surface area (Å²) in [6.07, 6.45) is 5.15. The van der Waals surface area contributed by atoms with Crippen LogP contribution >= 0.6 is 0 Å². The van der Waals surface area contributed by atoms with E-state index >= 15 is 0 Å². The molecule has 20 heavy (non-hydrogen) atoms. The van der Waals surface area contributed by atoms with Crippen LogP contribution < -0.4 is 14.8 Å². The van der Waals surface area contributed by atoms with Gasteiger partial charge in [-0.1, -0.05) is 12.5 Å². The lowest BCUT2D eigenvalue weighted by Crippen LogP contribution is -2.35. The molecule has 2 heterocycles. The molecule has 2 aliphatic rings. The van der Waals surface area contributed by atoms with Crippen molar-refractivity contribution in [3.05, 3.63) is 23.8 Å². The number of likely N-dealkylation sites (tertiary alicyclic amines) is 1. The zero-order chi connectivity index (χ0) is 13.8. The van der Waals surface area contributed by atoms with Crippen LogP contribution in [0.5, 0.6) is 11.5 Å². The van der Waals surface area contributed by atoms with Crippen molar-refractivity contribution in [3.63, 3.8) is 0 Å². The van der Waals surface area contributed by atoms with E-state index in [-0.39, 0.29) is 0 Å². The fraction of sp³-hybridized carbons (Fsp3) is 0.625. The zero-order valence-electron chi connectivity index (χ0n) is 12.2. The summed E-state index contributed by atoms with van der Waals surface area (Å²) < 4.78 is 10.9. The van der Waals surface area contributed by atoms with Gasteiger partial charge in [-0.15, -0.1) is 0 Å². The van der Waals surface area contributed by atoms with Gasteiger partial charge in [-0.25, -0.2) is 0 Å². The van der Waals surface area contributed by atoms with Crippen molar-refractivity contribution in [2.75, 3.05) is 33.5 Å². The molecule has 4 heteroatoms. The van der Waals surface area contributed by atoms with Crippen LogP contribution in [0.2, 0.25) is 0 Å². The molecule has 110 valence electrons. The molecule has 0 spiro atoms. The molecule has 1 N–H and O–H groups in total. The van der Waals surface area contributed by atoms with Gasteiger partial charge in [0.1, 0.15) is 0 Å². The highest BCUT2D eigenvalue weighted by Crippen LogP contribution is 2.36. The second-order valence-corrected chi connectivity index (χ2v) is 5.62. The highest BCUT2D eigenvalue weighted by atomic mass is 16.7. The number of piperidine rings is 1. The fourth-order valence-corrected chi connectivity index (χ4v) is 3.19. The molecule has 0 amide bonds. The first kappa shape index (κ1) is 13.7. The molecular formula is C16H24N2O2. The van der Waals surface area contributed by atoms with E-state index in [1.807, 2.05) is 13.1 Å². The second kappa shape index (κ2) is 6.46. The SMILES string of the molecule is CNCCC(c1ccc2c(c1)OCO2)N1CCCCC1. The predicted octanol–water partition coefficient (Wildman–Crippen LogP) is 2.55. The Morgan fingerprint density at radius 3 is 2.75 bits per heavy atom. The summed E-state index contributed by atoms with van der Waals surface area (Å²) in [7, 11) is 2.02. The Morgan fingerprint density at radius 1 is 1.15 bits per heavy atom. The number of rotatable bonds is 5. The van der Waals surface area contributed by atoms with E-state index in [0.29, 0.717) is 12.8 Å². The number of nitrogens with one attached hydrogen (secondary N) is 1. The minimum Gasteiger partial charge on any atom is -0.454 e. The Bertz CT molecular complexity index is 444. The smallest absolute Gasteiger partial charge is 0.231 e. The first-order valence-corrected chi connectivity index (χ1v) is 7.66. The molecule has 1 aromatic rings. The third-order valence-corrected chi connectivity index (χ3v) is 4.28. The highest BCUT2D eigenvalue weighted by molar-refractivity contribution is 5.45. The molecular weight excluding hydrogens is 252 g/mol. The molecule has 1 unspecified atom stereocenters. The lowest BCUT2D eigenvalue weighted by Gasteiger charge is -2.35. The first-order chi connectivity index (χ1) is 9.88. The van der Waals surface area contributed by atoms with Crippen LogP contribution in [0.4, 0.5) is 0 Å². The van der Waals surface area contributed by atoms with E-state index in [1.54, 1.807) is 0 Å². The molecule has 0 aromatic heterocycles. The van der Waals surface area contributed by atoms with Crippen LogP contribution in [0.1, 0.15) is 37.3 Å². The lowest BCUT2D eigenvalue weighted by atomic mass is 9.98. The topological polar surface area (TPSA) is 33.7 Å². The Balaban J connectivity index is 1.80. The Labute approximate surface area is 121 Å². The molecule has 0 saturated carbocycles. The summed E-state index contributed by atoms with van der Waals surface area (Å²) in [5.41, 5.74) is 1.35. The van der Waals surface area contributed by atoms with Crippen LogP contribution in [0.3, 0.4) is 0 Å². The van der Waals surface area contributed by atoms with E-state index in [1.165, 1.54) is 37.9 Å². The largest absolute Gasteiger partial charge is 0.454 e. The highest BCUT2D eigenvalue weighted by Gasteiger charge is 2.24. The molecule has 0 radical (unpaired) electrons. The van der Waals surface area contributed by atoms with E-state index in [0.717, 1.165) is 24.5 Å². The number of ether oxygens (including phenoxy) is 2. The second-order valence-electron chi connectivity index (χ2n) is 5.62. The van der Waals surface area contributed by atoms with Gasteiger partial charge in [0.2, 0.25) is 6.79 Å². The molecule has 1 saturated heterocycles. The van der Waals surface area contributed by atoms with Gasteiger partial charge in [-0.3, -0.25) is 4.90 Å². The van der Waals surface area contributed by atoms with Gasteiger partial charge >= 0.3 is 0 Å². The summed E-state index contributed by atoms with van der Waals surface area (Å²) in [6, 6.07) is 6.89. The third kappa shape index (κ3) is 2.91. The molecule has 1 aromatic carbocycles. The van der Waals surface area contributed by atoms with Crippen LogP contribution in [0.15, 0.2) is 18.2 Å². The maximum absolute atomic E-state index is 5.52. The standard InChI is InChI=1S/C16H24N2O2/c1-17-8-7-14(18-9-3-2-4-10-18)13-5-6-15-16(11-13)20-12-19-15/h5-6,11,14,17H,2-4,7-10,12H2,1H3. The predicted molar refractivity (Wildman–Crippen MR) is 79.3 cm³/mol. The van der Waals surface area contributed by atoms with Gasteiger partial charge < -0.3 is 14.8 Å². The minimum atomic E-state index is 0.351. The Hall–Kier alpha value is -1.26. The quantitative estimate of drug-likeness (QED) is 0.896. The van der Waals surface area contributed by atoms with Gasteiger partial charge in [0.25, 0.3) is 0 Å². The normalized spacial score (nSPS) is 20.1. The molecule has 1 fully saturated rings. The summed E-state index contributed by atoms with van der Waals surface area (Å²) >= 11 is 0. The summed E-state index contributed by atoms with van der Waals surface area (Å²) in [4.78, 5) is 2.62. The molecule has 2 aliphatic heterocycles. The zero-order valence-corrected chi connectivity index (χ0v) is 12.2. The maximum atomic E-state index is 5.52. The van der Waals surface area contributed by atoms with E-state index in [4.69, 9.17) is 9.47 Å². The number of hydrogen-bond acceptors (Lipinski definition) is 4. The van der Waals surface area contributed by atoms with Crippen molar-refractivity contribution < 1.29 is 9.47 Å². The van der Waals surface area contributed by atoms with E-state index in [9.17, 15) is 0 Å². The molecule has 0 aliphatic carbocycles. The van der Waals surface area contributed by atoms with Crippen molar-refractivity contribution in [2.45, 2.75) is 31.7 Å². The molecule has 1 atom stereocenters. The molecule has 3 rings (SSSR count). The average Bonchev–Trinajstić information content (AvgIpc) is 2.96. The summed E-state index contributed by atoms with van der Waals surface area (Å²) in [5, 5.41) is 3.28. The van der Waals surface area contributed by atoms with Crippen LogP contribution in [-0.4, -0.2) is 38.4 Å². The van der Waals surface area contributed by atoms with Crippen molar-refractivity contribution in [1.29, 1.82) is 0 Å². The number of benzene rings is 1. The van der Waals surface area contributed by atoms with Crippen LogP contribution in [0, 0.1) is 0 Å². The fourth-order valence-electron chi connectivity index (χ4n) is 3.19. The minimum absolute atomic E-state index is 0.351. The Morgan fingerprint density at radius 2 is 1.95 bits per heavy atom. The summed E-state index contributed by atoms with van der Waals surface area (Å²) in [6.45, 7) is 3.81. The first-order valence-electron chi connectivity index (χ1n) is 7.66. The Kier molecular flexibility index (Phi) is 4.43. The van der Waals surface area contributed by atoms with Crippen LogP contribution in [0.25, 0.3) is 0 Å². The monoisotopic (exact) mass is 276 g/mol. The maximum Gasteiger partial charge on any atom is 0.231 e. The number of hydrogen-bond donors (Lipinski definition) is 1. The van der Waals surface area contributed by atoms with Crippen molar-refractivity contribution in [3.8, 4) is 11.5 Å². The summed E-state index contributed by atoms with van der Waals surface area (Å²) in [5.74, 6) is 1.77. The molecule has 0 bridgehead atoms.